The van der Waals surface area contributed by atoms with E-state index >= 15 is 0 Å². The SMILES string of the molecule is CNC(=O)C1CNCCN1C1CC(C)(C)CC1C. The number of carbonyl (C=O) groups is 1. The summed E-state index contributed by atoms with van der Waals surface area (Å²) in [5, 5.41) is 6.14. The summed E-state index contributed by atoms with van der Waals surface area (Å²) in [6.07, 6.45) is 2.48. The average molecular weight is 253 g/mol. The lowest BCUT2D eigenvalue weighted by Crippen LogP contribution is -2.60. The summed E-state index contributed by atoms with van der Waals surface area (Å²) in [7, 11) is 1.73. The van der Waals surface area contributed by atoms with E-state index < -0.39 is 0 Å². The third kappa shape index (κ3) is 2.69. The summed E-state index contributed by atoms with van der Waals surface area (Å²) < 4.78 is 0. The van der Waals surface area contributed by atoms with E-state index in [9.17, 15) is 4.79 Å². The van der Waals surface area contributed by atoms with Crippen LogP contribution in [-0.4, -0.2) is 49.6 Å². The number of piperazine rings is 1. The smallest absolute Gasteiger partial charge is 0.238 e. The fourth-order valence-electron chi connectivity index (χ4n) is 3.83. The van der Waals surface area contributed by atoms with Gasteiger partial charge in [-0.25, -0.2) is 0 Å². The predicted octanol–water partition coefficient (Wildman–Crippen LogP) is 0.831. The van der Waals surface area contributed by atoms with Gasteiger partial charge in [0, 0.05) is 32.7 Å². The Morgan fingerprint density at radius 3 is 2.67 bits per heavy atom. The molecule has 0 radical (unpaired) electrons. The van der Waals surface area contributed by atoms with Crippen LogP contribution in [-0.2, 0) is 4.79 Å². The first-order valence-corrected chi connectivity index (χ1v) is 7.13. The molecule has 1 aliphatic carbocycles. The van der Waals surface area contributed by atoms with Gasteiger partial charge < -0.3 is 10.6 Å². The molecule has 1 saturated carbocycles. The molecule has 2 rings (SSSR count). The largest absolute Gasteiger partial charge is 0.358 e. The van der Waals surface area contributed by atoms with Crippen molar-refractivity contribution in [2.45, 2.75) is 45.7 Å². The average Bonchev–Trinajstić information content (AvgIpc) is 2.61. The summed E-state index contributed by atoms with van der Waals surface area (Å²) in [5.74, 6) is 0.837. The Morgan fingerprint density at radius 1 is 1.39 bits per heavy atom. The number of likely N-dealkylation sites (N-methyl/N-ethyl adjacent to an activating group) is 1. The third-order valence-electron chi connectivity index (χ3n) is 4.55. The maximum atomic E-state index is 12.0. The van der Waals surface area contributed by atoms with E-state index in [1.165, 1.54) is 12.8 Å². The minimum Gasteiger partial charge on any atom is -0.358 e. The van der Waals surface area contributed by atoms with Crippen LogP contribution >= 0.6 is 0 Å². The molecule has 1 saturated heterocycles. The summed E-state index contributed by atoms with van der Waals surface area (Å²) in [6, 6.07) is 0.564. The highest BCUT2D eigenvalue weighted by molar-refractivity contribution is 5.81. The maximum Gasteiger partial charge on any atom is 0.238 e. The van der Waals surface area contributed by atoms with Crippen LogP contribution in [0.15, 0.2) is 0 Å². The standard InChI is InChI=1S/C14H27N3O/c1-10-7-14(2,3)8-11(10)17-6-5-16-9-12(17)13(18)15-4/h10-12,16H,5-9H2,1-4H3,(H,15,18). The van der Waals surface area contributed by atoms with Crippen molar-refractivity contribution in [1.82, 2.24) is 15.5 Å². The van der Waals surface area contributed by atoms with Crippen molar-refractivity contribution in [3.05, 3.63) is 0 Å². The molecule has 2 N–H and O–H groups in total. The molecular formula is C14H27N3O. The molecule has 0 aromatic carbocycles. The number of amides is 1. The molecule has 18 heavy (non-hydrogen) atoms. The van der Waals surface area contributed by atoms with Gasteiger partial charge in [-0.3, -0.25) is 9.69 Å². The van der Waals surface area contributed by atoms with E-state index in [4.69, 9.17) is 0 Å². The number of hydrogen-bond donors (Lipinski definition) is 2. The Hall–Kier alpha value is -0.610. The topological polar surface area (TPSA) is 44.4 Å². The lowest BCUT2D eigenvalue weighted by Gasteiger charge is -2.41. The highest BCUT2D eigenvalue weighted by Gasteiger charge is 2.43. The van der Waals surface area contributed by atoms with E-state index in [1.807, 2.05) is 0 Å². The maximum absolute atomic E-state index is 12.0. The van der Waals surface area contributed by atoms with Crippen molar-refractivity contribution in [3.63, 3.8) is 0 Å². The summed E-state index contributed by atoms with van der Waals surface area (Å²) in [4.78, 5) is 14.4. The lowest BCUT2D eigenvalue weighted by atomic mass is 9.91. The molecule has 3 unspecified atom stereocenters. The quantitative estimate of drug-likeness (QED) is 0.766. The fraction of sp³-hybridized carbons (Fsp3) is 0.929. The van der Waals surface area contributed by atoms with Crippen molar-refractivity contribution in [2.75, 3.05) is 26.7 Å². The lowest BCUT2D eigenvalue weighted by molar-refractivity contribution is -0.128. The van der Waals surface area contributed by atoms with Crippen LogP contribution in [0.5, 0.6) is 0 Å². The first-order valence-electron chi connectivity index (χ1n) is 7.13. The summed E-state index contributed by atoms with van der Waals surface area (Å²) >= 11 is 0. The zero-order valence-corrected chi connectivity index (χ0v) is 12.1. The second-order valence-corrected chi connectivity index (χ2v) is 6.69. The van der Waals surface area contributed by atoms with Gasteiger partial charge in [0.15, 0.2) is 0 Å². The molecular weight excluding hydrogens is 226 g/mol. The summed E-state index contributed by atoms with van der Waals surface area (Å²) in [5.41, 5.74) is 0.419. The number of nitrogens with one attached hydrogen (secondary N) is 2. The van der Waals surface area contributed by atoms with E-state index in [2.05, 4.69) is 36.3 Å². The molecule has 0 spiro atoms. The Labute approximate surface area is 110 Å². The van der Waals surface area contributed by atoms with Gasteiger partial charge in [0.25, 0.3) is 0 Å². The Balaban J connectivity index is 2.12. The van der Waals surface area contributed by atoms with Crippen LogP contribution in [0.3, 0.4) is 0 Å². The molecule has 0 aromatic rings. The molecule has 2 fully saturated rings. The van der Waals surface area contributed by atoms with Crippen molar-refractivity contribution >= 4 is 5.91 Å². The fourth-order valence-corrected chi connectivity index (χ4v) is 3.83. The van der Waals surface area contributed by atoms with E-state index in [1.54, 1.807) is 7.05 Å². The van der Waals surface area contributed by atoms with Gasteiger partial charge in [-0.2, -0.15) is 0 Å². The van der Waals surface area contributed by atoms with Gasteiger partial charge in [0.05, 0.1) is 0 Å². The minimum atomic E-state index is 0.00472. The van der Waals surface area contributed by atoms with Crippen molar-refractivity contribution in [1.29, 1.82) is 0 Å². The van der Waals surface area contributed by atoms with Crippen LogP contribution in [0, 0.1) is 11.3 Å². The molecule has 0 bridgehead atoms. The van der Waals surface area contributed by atoms with Gasteiger partial charge in [0.2, 0.25) is 5.91 Å². The molecule has 4 heteroatoms. The molecule has 1 aliphatic heterocycles. The van der Waals surface area contributed by atoms with E-state index in [0.29, 0.717) is 17.4 Å². The minimum absolute atomic E-state index is 0.00472. The first kappa shape index (κ1) is 13.8. The molecule has 3 atom stereocenters. The normalized spacial score (nSPS) is 36.6. The predicted molar refractivity (Wildman–Crippen MR) is 73.4 cm³/mol. The van der Waals surface area contributed by atoms with Crippen molar-refractivity contribution in [3.8, 4) is 0 Å². The Morgan fingerprint density at radius 2 is 2.11 bits per heavy atom. The van der Waals surface area contributed by atoms with Crippen LogP contribution in [0.4, 0.5) is 0 Å². The first-order chi connectivity index (χ1) is 8.44. The van der Waals surface area contributed by atoms with Gasteiger partial charge in [-0.15, -0.1) is 0 Å². The highest BCUT2D eigenvalue weighted by Crippen LogP contribution is 2.43. The number of nitrogens with zero attached hydrogens (tertiary/aromatic N) is 1. The van der Waals surface area contributed by atoms with Crippen molar-refractivity contribution in [2.24, 2.45) is 11.3 Å². The van der Waals surface area contributed by atoms with Crippen LogP contribution in [0.25, 0.3) is 0 Å². The molecule has 104 valence electrons. The zero-order valence-electron chi connectivity index (χ0n) is 12.1. The molecule has 1 heterocycles. The Bertz CT molecular complexity index is 316. The second kappa shape index (κ2) is 5.17. The number of carbonyl (C=O) groups excluding carboxylic acids is 1. The third-order valence-corrected chi connectivity index (χ3v) is 4.55. The van der Waals surface area contributed by atoms with Gasteiger partial charge in [0.1, 0.15) is 6.04 Å². The highest BCUT2D eigenvalue weighted by atomic mass is 16.2. The zero-order chi connectivity index (χ0) is 13.3. The molecule has 1 amide bonds. The van der Waals surface area contributed by atoms with E-state index in [-0.39, 0.29) is 11.9 Å². The molecule has 0 aromatic heterocycles. The molecule has 2 aliphatic rings. The van der Waals surface area contributed by atoms with Crippen LogP contribution in [0.2, 0.25) is 0 Å². The number of hydrogen-bond acceptors (Lipinski definition) is 3. The van der Waals surface area contributed by atoms with Gasteiger partial charge in [-0.05, 0) is 24.2 Å². The van der Waals surface area contributed by atoms with E-state index in [0.717, 1.165) is 19.6 Å². The number of rotatable bonds is 2. The van der Waals surface area contributed by atoms with Gasteiger partial charge >= 0.3 is 0 Å². The van der Waals surface area contributed by atoms with Crippen LogP contribution in [0.1, 0.15) is 33.6 Å². The second-order valence-electron chi connectivity index (χ2n) is 6.69. The Kier molecular flexibility index (Phi) is 3.97. The monoisotopic (exact) mass is 253 g/mol. The van der Waals surface area contributed by atoms with Crippen molar-refractivity contribution < 1.29 is 4.79 Å². The van der Waals surface area contributed by atoms with Gasteiger partial charge in [-0.1, -0.05) is 20.8 Å². The van der Waals surface area contributed by atoms with Crippen LogP contribution < -0.4 is 10.6 Å². The molecule has 4 nitrogen and oxygen atoms in total. The summed E-state index contributed by atoms with van der Waals surface area (Å²) in [6.45, 7) is 9.80.